The van der Waals surface area contributed by atoms with Crippen molar-refractivity contribution in [2.24, 2.45) is 11.7 Å². The highest BCUT2D eigenvalue weighted by Gasteiger charge is 2.23. The summed E-state index contributed by atoms with van der Waals surface area (Å²) in [6.07, 6.45) is 5.54. The monoisotopic (exact) mass is 275 g/mol. The van der Waals surface area contributed by atoms with E-state index >= 15 is 0 Å². The van der Waals surface area contributed by atoms with Crippen LogP contribution in [0.15, 0.2) is 12.1 Å². The number of nitrogens with two attached hydrogens (primary N) is 1. The van der Waals surface area contributed by atoms with Crippen LogP contribution < -0.4 is 5.73 Å². The van der Waals surface area contributed by atoms with Crippen molar-refractivity contribution in [2.45, 2.75) is 65.5 Å². The Morgan fingerprint density at radius 2 is 1.75 bits per heavy atom. The van der Waals surface area contributed by atoms with Crippen LogP contribution >= 0.6 is 0 Å². The summed E-state index contributed by atoms with van der Waals surface area (Å²) in [7, 11) is 0. The van der Waals surface area contributed by atoms with Gasteiger partial charge < -0.3 is 10.5 Å². The zero-order valence-corrected chi connectivity index (χ0v) is 13.4. The normalized spacial score (nSPS) is 24.6. The first kappa shape index (κ1) is 15.5. The van der Waals surface area contributed by atoms with Crippen molar-refractivity contribution in [3.63, 3.8) is 0 Å². The van der Waals surface area contributed by atoms with E-state index in [0.717, 1.165) is 0 Å². The van der Waals surface area contributed by atoms with Crippen LogP contribution in [-0.2, 0) is 4.74 Å². The maximum absolute atomic E-state index is 6.38. The van der Waals surface area contributed by atoms with Crippen LogP contribution in [0.2, 0.25) is 0 Å². The Balaban J connectivity index is 1.99. The molecule has 3 unspecified atom stereocenters. The van der Waals surface area contributed by atoms with Crippen LogP contribution in [0, 0.1) is 26.7 Å². The molecule has 1 aromatic carbocycles. The van der Waals surface area contributed by atoms with E-state index in [4.69, 9.17) is 10.5 Å². The molecule has 112 valence electrons. The predicted molar refractivity (Wildman–Crippen MR) is 85.0 cm³/mol. The number of rotatable bonds is 4. The van der Waals surface area contributed by atoms with E-state index in [-0.39, 0.29) is 6.04 Å². The topological polar surface area (TPSA) is 35.2 Å². The molecule has 0 bridgehead atoms. The fourth-order valence-corrected chi connectivity index (χ4v) is 3.62. The van der Waals surface area contributed by atoms with Crippen LogP contribution in [0.25, 0.3) is 0 Å². The van der Waals surface area contributed by atoms with E-state index < -0.39 is 0 Å². The maximum Gasteiger partial charge on any atom is 0.0663 e. The van der Waals surface area contributed by atoms with Crippen molar-refractivity contribution >= 4 is 0 Å². The highest BCUT2D eigenvalue weighted by atomic mass is 16.5. The lowest BCUT2D eigenvalue weighted by Crippen LogP contribution is -2.29. The molecule has 0 radical (unpaired) electrons. The van der Waals surface area contributed by atoms with Gasteiger partial charge >= 0.3 is 0 Å². The van der Waals surface area contributed by atoms with Crippen molar-refractivity contribution in [3.8, 4) is 0 Å². The zero-order valence-electron chi connectivity index (χ0n) is 13.4. The van der Waals surface area contributed by atoms with Gasteiger partial charge in [0.15, 0.2) is 0 Å². The molecule has 0 amide bonds. The van der Waals surface area contributed by atoms with Gasteiger partial charge in [-0.3, -0.25) is 0 Å². The van der Waals surface area contributed by atoms with Gasteiger partial charge in [0.2, 0.25) is 0 Å². The molecule has 2 heteroatoms. The number of benzene rings is 1. The summed E-state index contributed by atoms with van der Waals surface area (Å²) in [5.41, 5.74) is 11.5. The third-order valence-electron chi connectivity index (χ3n) is 4.63. The minimum atomic E-state index is -0.00951. The molecule has 2 N–H and O–H groups in total. The van der Waals surface area contributed by atoms with Crippen LogP contribution in [0.5, 0.6) is 0 Å². The largest absolute Gasteiger partial charge is 0.376 e. The average molecular weight is 275 g/mol. The maximum atomic E-state index is 6.38. The standard InChI is InChI=1S/C18H29NO/c1-12-9-14(3)18(15(4)10-12)16(19)11-20-17-8-6-5-7-13(17)2/h9-10,13,16-17H,5-8,11,19H2,1-4H3. The highest BCUT2D eigenvalue weighted by molar-refractivity contribution is 5.39. The first-order valence-corrected chi connectivity index (χ1v) is 7.94. The van der Waals surface area contributed by atoms with Gasteiger partial charge in [-0.05, 0) is 56.2 Å². The Morgan fingerprint density at radius 1 is 1.15 bits per heavy atom. The van der Waals surface area contributed by atoms with E-state index in [2.05, 4.69) is 39.8 Å². The molecule has 20 heavy (non-hydrogen) atoms. The number of ether oxygens (including phenoxy) is 1. The Labute approximate surface area is 123 Å². The molecular weight excluding hydrogens is 246 g/mol. The number of aryl methyl sites for hydroxylation is 3. The van der Waals surface area contributed by atoms with Gasteiger partial charge in [0.1, 0.15) is 0 Å². The van der Waals surface area contributed by atoms with Crippen molar-refractivity contribution in [3.05, 3.63) is 34.4 Å². The molecule has 1 aromatic rings. The quantitative estimate of drug-likeness (QED) is 0.893. The van der Waals surface area contributed by atoms with E-state index in [1.54, 1.807) is 0 Å². The second-order valence-corrected chi connectivity index (χ2v) is 6.55. The van der Waals surface area contributed by atoms with Crippen LogP contribution in [-0.4, -0.2) is 12.7 Å². The Bertz CT molecular complexity index is 432. The Kier molecular flexibility index (Phi) is 5.22. The van der Waals surface area contributed by atoms with E-state index in [1.165, 1.54) is 47.9 Å². The van der Waals surface area contributed by atoms with Crippen LogP contribution in [0.3, 0.4) is 0 Å². The Hall–Kier alpha value is -0.860. The number of hydrogen-bond acceptors (Lipinski definition) is 2. The molecule has 0 aromatic heterocycles. The molecule has 1 aliphatic carbocycles. The molecule has 2 rings (SSSR count). The summed E-state index contributed by atoms with van der Waals surface area (Å²) in [4.78, 5) is 0. The third kappa shape index (κ3) is 3.62. The lowest BCUT2D eigenvalue weighted by Gasteiger charge is -2.30. The molecule has 0 spiro atoms. The first-order valence-electron chi connectivity index (χ1n) is 7.94. The van der Waals surface area contributed by atoms with E-state index in [1.807, 2.05) is 0 Å². The van der Waals surface area contributed by atoms with Crippen molar-refractivity contribution in [2.75, 3.05) is 6.61 Å². The van der Waals surface area contributed by atoms with Crippen LogP contribution in [0.4, 0.5) is 0 Å². The fraction of sp³-hybridized carbons (Fsp3) is 0.667. The summed E-state index contributed by atoms with van der Waals surface area (Å²) < 4.78 is 6.13. The second-order valence-electron chi connectivity index (χ2n) is 6.55. The van der Waals surface area contributed by atoms with E-state index in [9.17, 15) is 0 Å². The van der Waals surface area contributed by atoms with Crippen molar-refractivity contribution < 1.29 is 4.74 Å². The van der Waals surface area contributed by atoms with Gasteiger partial charge in [0.25, 0.3) is 0 Å². The molecule has 0 saturated heterocycles. The highest BCUT2D eigenvalue weighted by Crippen LogP contribution is 2.28. The van der Waals surface area contributed by atoms with Crippen LogP contribution in [0.1, 0.15) is 60.9 Å². The lowest BCUT2D eigenvalue weighted by atomic mass is 9.88. The Morgan fingerprint density at radius 3 is 2.35 bits per heavy atom. The molecule has 3 atom stereocenters. The third-order valence-corrected chi connectivity index (χ3v) is 4.63. The van der Waals surface area contributed by atoms with Crippen molar-refractivity contribution in [1.82, 2.24) is 0 Å². The summed E-state index contributed by atoms with van der Waals surface area (Å²) in [5.74, 6) is 0.677. The summed E-state index contributed by atoms with van der Waals surface area (Å²) >= 11 is 0. The van der Waals surface area contributed by atoms with E-state index in [0.29, 0.717) is 18.6 Å². The van der Waals surface area contributed by atoms with Gasteiger partial charge in [-0.15, -0.1) is 0 Å². The van der Waals surface area contributed by atoms with Gasteiger partial charge in [-0.25, -0.2) is 0 Å². The summed E-state index contributed by atoms with van der Waals surface area (Å²) in [6.45, 7) is 9.38. The summed E-state index contributed by atoms with van der Waals surface area (Å²) in [6, 6.07) is 4.42. The smallest absolute Gasteiger partial charge is 0.0663 e. The average Bonchev–Trinajstić information content (AvgIpc) is 2.36. The molecular formula is C18H29NO. The predicted octanol–water partition coefficient (Wildman–Crippen LogP) is 4.21. The minimum absolute atomic E-state index is 0.00951. The molecule has 1 saturated carbocycles. The molecule has 1 fully saturated rings. The van der Waals surface area contributed by atoms with Gasteiger partial charge in [0, 0.05) is 0 Å². The van der Waals surface area contributed by atoms with Gasteiger partial charge in [0.05, 0.1) is 18.8 Å². The lowest BCUT2D eigenvalue weighted by molar-refractivity contribution is -0.0114. The second kappa shape index (κ2) is 6.73. The molecule has 0 heterocycles. The van der Waals surface area contributed by atoms with Gasteiger partial charge in [-0.1, -0.05) is 37.5 Å². The fourth-order valence-electron chi connectivity index (χ4n) is 3.62. The van der Waals surface area contributed by atoms with Gasteiger partial charge in [-0.2, -0.15) is 0 Å². The number of hydrogen-bond donors (Lipinski definition) is 1. The summed E-state index contributed by atoms with van der Waals surface area (Å²) in [5, 5.41) is 0. The molecule has 1 aliphatic rings. The SMILES string of the molecule is Cc1cc(C)c(C(N)COC2CCCCC2C)c(C)c1. The van der Waals surface area contributed by atoms with Crippen molar-refractivity contribution in [1.29, 1.82) is 0 Å². The minimum Gasteiger partial charge on any atom is -0.376 e. The molecule has 0 aliphatic heterocycles. The first-order chi connectivity index (χ1) is 9.49. The molecule has 2 nitrogen and oxygen atoms in total. The zero-order chi connectivity index (χ0) is 14.7.